The fourth-order valence-corrected chi connectivity index (χ4v) is 5.91. The van der Waals surface area contributed by atoms with Gasteiger partial charge in [0.25, 0.3) is 0 Å². The Morgan fingerprint density at radius 1 is 0.241 bits per heavy atom. The zero-order valence-electron chi connectivity index (χ0n) is 46.8. The van der Waals surface area contributed by atoms with Gasteiger partial charge in [-0.05, 0) is 175 Å². The van der Waals surface area contributed by atoms with Crippen molar-refractivity contribution in [1.29, 1.82) is 26.3 Å². The lowest BCUT2D eigenvalue weighted by Gasteiger charge is -1.96. The Bertz CT molecular complexity index is 3550. The summed E-state index contributed by atoms with van der Waals surface area (Å²) in [5.74, 6) is -5.80. The molecular formula is C68H57F10N5. The maximum atomic E-state index is 12.4. The van der Waals surface area contributed by atoms with Gasteiger partial charge in [-0.3, -0.25) is 0 Å². The van der Waals surface area contributed by atoms with Crippen LogP contribution in [0.25, 0.3) is 0 Å². The van der Waals surface area contributed by atoms with Gasteiger partial charge in [-0.1, -0.05) is 83.9 Å². The highest BCUT2D eigenvalue weighted by Gasteiger charge is 2.06. The molecule has 0 radical (unpaired) electrons. The van der Waals surface area contributed by atoms with E-state index in [1.807, 2.05) is 107 Å². The molecule has 0 amide bonds. The molecule has 0 unspecified atom stereocenters. The largest absolute Gasteiger partial charge is 0.207 e. The molecule has 0 aliphatic heterocycles. The molecule has 0 saturated heterocycles. The van der Waals surface area contributed by atoms with Crippen molar-refractivity contribution in [2.24, 2.45) is 0 Å². The second-order valence-corrected chi connectivity index (χ2v) is 17.6. The van der Waals surface area contributed by atoms with Crippen molar-refractivity contribution < 1.29 is 43.9 Å². The van der Waals surface area contributed by atoms with E-state index < -0.39 is 52.4 Å². The predicted molar refractivity (Wildman–Crippen MR) is 304 cm³/mol. The molecule has 0 fully saturated rings. The average molecular weight is 1130 g/mol. The molecule has 0 aliphatic rings. The summed E-state index contributed by atoms with van der Waals surface area (Å²) >= 11 is 0. The standard InChI is InChI=1S/C9H6N2.3C8H7N.C7H5F3.3C7H6F2.C7H7F/c1-7-8(5-10)3-2-4-9(7)6-11;1-7-2-4-8(6-9)5-3-7;1-7-3-2-4-8(5-7)6-9;1-7-4-2-3-5-8(7)6-9;1-4-6(9)2-5(8)3-7(4)10;1-5-2-6(8)4-7(9)3-5;1-5-2-3-6(8)4-7(5)9;1-5-6(8)3-2-4-7(5)9;1-6-2-4-7(8)5-3-6/h2-4H,1H3;3*2-5H,1H3;2-3H,1H3;3*2-4H,1H3;2-5H,1H3. The van der Waals surface area contributed by atoms with Gasteiger partial charge in [0.05, 0.1) is 58.2 Å². The maximum absolute atomic E-state index is 12.4. The third kappa shape index (κ3) is 29.0. The number of nitrogens with zero attached hydrogens (tertiary/aromatic N) is 5. The van der Waals surface area contributed by atoms with Crippen molar-refractivity contribution >= 4 is 0 Å². The number of benzene rings is 9. The van der Waals surface area contributed by atoms with E-state index in [-0.39, 0.29) is 16.9 Å². The van der Waals surface area contributed by atoms with E-state index in [1.165, 1.54) is 74.0 Å². The molecule has 15 heteroatoms. The van der Waals surface area contributed by atoms with E-state index in [9.17, 15) is 43.9 Å². The van der Waals surface area contributed by atoms with Crippen LogP contribution in [0, 0.1) is 177 Å². The van der Waals surface area contributed by atoms with E-state index in [1.54, 1.807) is 57.2 Å². The van der Waals surface area contributed by atoms with Gasteiger partial charge in [-0.15, -0.1) is 0 Å². The fraction of sp³-hybridized carbons (Fsp3) is 0.132. The zero-order chi connectivity index (χ0) is 62.6. The van der Waals surface area contributed by atoms with Crippen LogP contribution in [0.15, 0.2) is 182 Å². The molecule has 424 valence electrons. The average Bonchev–Trinajstić information content (AvgIpc) is 3.47. The van der Waals surface area contributed by atoms with Crippen LogP contribution in [-0.4, -0.2) is 0 Å². The summed E-state index contributed by atoms with van der Waals surface area (Å²) in [6, 6.07) is 56.4. The van der Waals surface area contributed by atoms with Crippen LogP contribution in [0.2, 0.25) is 0 Å². The Hall–Kier alpha value is -10.3. The van der Waals surface area contributed by atoms with Crippen molar-refractivity contribution in [2.45, 2.75) is 62.3 Å². The number of aryl methyl sites for hydroxylation is 6. The summed E-state index contributed by atoms with van der Waals surface area (Å²) in [6.45, 7) is 15.5. The van der Waals surface area contributed by atoms with Crippen LogP contribution in [0.5, 0.6) is 0 Å². The van der Waals surface area contributed by atoms with Crippen molar-refractivity contribution in [3.05, 3.63) is 318 Å². The van der Waals surface area contributed by atoms with E-state index in [4.69, 9.17) is 26.3 Å². The summed E-state index contributed by atoms with van der Waals surface area (Å²) in [4.78, 5) is 0. The Balaban J connectivity index is 0.000000467. The maximum Gasteiger partial charge on any atom is 0.131 e. The first kappa shape index (κ1) is 70.7. The molecular weight excluding hydrogens is 1080 g/mol. The summed E-state index contributed by atoms with van der Waals surface area (Å²) in [5.41, 5.74) is 9.58. The van der Waals surface area contributed by atoms with Gasteiger partial charge in [-0.2, -0.15) is 26.3 Å². The van der Waals surface area contributed by atoms with Crippen LogP contribution in [0.1, 0.15) is 77.9 Å². The lowest BCUT2D eigenvalue weighted by atomic mass is 10.0. The van der Waals surface area contributed by atoms with E-state index in [0.29, 0.717) is 34.4 Å². The van der Waals surface area contributed by atoms with Gasteiger partial charge in [0.2, 0.25) is 0 Å². The SMILES string of the molecule is Cc1c(C#N)cccc1C#N.Cc1c(F)cc(F)cc1F.Cc1c(F)cccc1F.Cc1cc(F)cc(F)c1.Cc1ccc(C#N)cc1.Cc1ccc(F)cc1.Cc1ccc(F)cc1F.Cc1cccc(C#N)c1.Cc1ccccc1C#N. The number of nitriles is 5. The molecule has 0 aromatic heterocycles. The van der Waals surface area contributed by atoms with Crippen LogP contribution >= 0.6 is 0 Å². The minimum absolute atomic E-state index is 0.0810. The van der Waals surface area contributed by atoms with Crippen molar-refractivity contribution in [3.63, 3.8) is 0 Å². The first-order valence-electron chi connectivity index (χ1n) is 24.7. The first-order valence-corrected chi connectivity index (χ1v) is 24.7. The van der Waals surface area contributed by atoms with Crippen LogP contribution in [0.3, 0.4) is 0 Å². The van der Waals surface area contributed by atoms with Gasteiger partial charge >= 0.3 is 0 Å². The first-order chi connectivity index (χ1) is 39.3. The predicted octanol–water partition coefficient (Wildman–Crippen LogP) is 18.7. The third-order valence-corrected chi connectivity index (χ3v) is 10.8. The van der Waals surface area contributed by atoms with Gasteiger partial charge in [0.1, 0.15) is 58.2 Å². The van der Waals surface area contributed by atoms with Gasteiger partial charge < -0.3 is 0 Å². The van der Waals surface area contributed by atoms with Gasteiger partial charge in [0.15, 0.2) is 0 Å². The molecule has 5 nitrogen and oxygen atoms in total. The Kier molecular flexibility index (Phi) is 32.7. The molecule has 0 bridgehead atoms. The van der Waals surface area contributed by atoms with Crippen LogP contribution < -0.4 is 0 Å². The minimum Gasteiger partial charge on any atom is -0.207 e. The second-order valence-electron chi connectivity index (χ2n) is 17.6. The number of hydrogen-bond donors (Lipinski definition) is 0. The summed E-state index contributed by atoms with van der Waals surface area (Å²) in [7, 11) is 0. The zero-order valence-corrected chi connectivity index (χ0v) is 46.8. The molecule has 9 aromatic carbocycles. The van der Waals surface area contributed by atoms with Crippen molar-refractivity contribution in [3.8, 4) is 30.3 Å². The fourth-order valence-electron chi connectivity index (χ4n) is 5.91. The number of hydrogen-bond acceptors (Lipinski definition) is 5. The smallest absolute Gasteiger partial charge is 0.131 e. The molecule has 83 heavy (non-hydrogen) atoms. The molecule has 0 aliphatic carbocycles. The molecule has 9 rings (SSSR count). The monoisotopic (exact) mass is 1130 g/mol. The van der Waals surface area contributed by atoms with Crippen LogP contribution in [-0.2, 0) is 0 Å². The third-order valence-electron chi connectivity index (χ3n) is 10.8. The van der Waals surface area contributed by atoms with E-state index in [2.05, 4.69) is 18.2 Å². The van der Waals surface area contributed by atoms with Crippen molar-refractivity contribution in [1.82, 2.24) is 0 Å². The van der Waals surface area contributed by atoms with E-state index in [0.717, 1.165) is 51.1 Å². The quantitative estimate of drug-likeness (QED) is 0.140. The highest BCUT2D eigenvalue weighted by Crippen LogP contribution is 2.14. The normalized spacial score (nSPS) is 9.08. The topological polar surface area (TPSA) is 119 Å². The highest BCUT2D eigenvalue weighted by molar-refractivity contribution is 5.47. The van der Waals surface area contributed by atoms with Gasteiger partial charge in [-0.25, -0.2) is 43.9 Å². The molecule has 0 saturated carbocycles. The highest BCUT2D eigenvalue weighted by atomic mass is 19.2. The summed E-state index contributed by atoms with van der Waals surface area (Å²) in [6.07, 6.45) is 0. The number of halogens is 10. The molecule has 0 atom stereocenters. The summed E-state index contributed by atoms with van der Waals surface area (Å²) < 4.78 is 122. The van der Waals surface area contributed by atoms with Crippen LogP contribution in [0.4, 0.5) is 43.9 Å². The van der Waals surface area contributed by atoms with Crippen molar-refractivity contribution in [2.75, 3.05) is 0 Å². The van der Waals surface area contributed by atoms with Gasteiger partial charge in [0, 0.05) is 35.4 Å². The minimum atomic E-state index is -0.888. The lowest BCUT2D eigenvalue weighted by molar-refractivity contribution is 0.532. The molecule has 0 heterocycles. The number of rotatable bonds is 0. The molecule has 0 N–H and O–H groups in total. The lowest BCUT2D eigenvalue weighted by Crippen LogP contribution is -1.89. The Morgan fingerprint density at radius 3 is 1.04 bits per heavy atom. The summed E-state index contributed by atoms with van der Waals surface area (Å²) in [5, 5.41) is 42.4. The van der Waals surface area contributed by atoms with E-state index >= 15 is 0 Å². The Morgan fingerprint density at radius 2 is 0.651 bits per heavy atom. The second kappa shape index (κ2) is 38.4. The Labute approximate surface area is 479 Å². The molecule has 0 spiro atoms. The molecule has 9 aromatic rings.